The molecule has 0 saturated heterocycles. The first-order chi connectivity index (χ1) is 10.6. The zero-order chi connectivity index (χ0) is 15.9. The van der Waals surface area contributed by atoms with E-state index in [1.807, 2.05) is 56.3 Å². The lowest BCUT2D eigenvalue weighted by atomic mass is 10.1. The molecule has 0 aromatic heterocycles. The molecule has 0 heterocycles. The van der Waals surface area contributed by atoms with Gasteiger partial charge in [-0.25, -0.2) is 0 Å². The molecule has 0 spiro atoms. The van der Waals surface area contributed by atoms with E-state index >= 15 is 0 Å². The van der Waals surface area contributed by atoms with Gasteiger partial charge in [-0.2, -0.15) is 0 Å². The predicted molar refractivity (Wildman–Crippen MR) is 94.2 cm³/mol. The molecule has 1 amide bonds. The fourth-order valence-corrected chi connectivity index (χ4v) is 2.37. The van der Waals surface area contributed by atoms with Gasteiger partial charge in [-0.3, -0.25) is 4.79 Å². The monoisotopic (exact) mass is 359 g/mol. The fourth-order valence-electron chi connectivity index (χ4n) is 1.99. The second-order valence-electron chi connectivity index (χ2n) is 4.75. The van der Waals surface area contributed by atoms with E-state index in [4.69, 9.17) is 4.74 Å². The Morgan fingerprint density at radius 2 is 2.05 bits per heavy atom. The molecule has 0 aliphatic heterocycles. The van der Waals surface area contributed by atoms with Gasteiger partial charge in [-0.15, -0.1) is 0 Å². The van der Waals surface area contributed by atoms with Crippen LogP contribution in [0.5, 0.6) is 5.75 Å². The molecular weight excluding hydrogens is 342 g/mol. The van der Waals surface area contributed by atoms with Gasteiger partial charge in [0.2, 0.25) is 5.91 Å². The molecule has 0 saturated carbocycles. The third kappa shape index (κ3) is 4.46. The summed E-state index contributed by atoms with van der Waals surface area (Å²) in [6, 6.07) is 13.4. The Morgan fingerprint density at radius 1 is 1.27 bits per heavy atom. The standard InChI is InChI=1S/C18H18BrNO2/c1-3-22-17-10-9-15(19)12-14(17)8-11-18(21)20-16-7-5-4-6-13(16)2/h4-12H,3H2,1-2H3,(H,20,21). The number of anilines is 1. The Morgan fingerprint density at radius 3 is 2.77 bits per heavy atom. The third-order valence-electron chi connectivity index (χ3n) is 3.09. The summed E-state index contributed by atoms with van der Waals surface area (Å²) in [6.07, 6.45) is 3.26. The molecule has 0 aliphatic carbocycles. The van der Waals surface area contributed by atoms with E-state index in [1.54, 1.807) is 6.08 Å². The van der Waals surface area contributed by atoms with Gasteiger partial charge in [0.25, 0.3) is 0 Å². The van der Waals surface area contributed by atoms with Gasteiger partial charge in [0, 0.05) is 21.8 Å². The summed E-state index contributed by atoms with van der Waals surface area (Å²) < 4.78 is 6.50. The van der Waals surface area contributed by atoms with E-state index in [0.717, 1.165) is 27.0 Å². The van der Waals surface area contributed by atoms with Gasteiger partial charge < -0.3 is 10.1 Å². The van der Waals surface area contributed by atoms with Crippen molar-refractivity contribution in [2.45, 2.75) is 13.8 Å². The Balaban J connectivity index is 2.13. The lowest BCUT2D eigenvalue weighted by molar-refractivity contribution is -0.111. The minimum atomic E-state index is -0.170. The molecule has 4 heteroatoms. The van der Waals surface area contributed by atoms with Crippen LogP contribution >= 0.6 is 15.9 Å². The molecular formula is C18H18BrNO2. The molecule has 2 rings (SSSR count). The van der Waals surface area contributed by atoms with Crippen LogP contribution in [-0.4, -0.2) is 12.5 Å². The largest absolute Gasteiger partial charge is 0.493 e. The molecule has 0 fully saturated rings. The van der Waals surface area contributed by atoms with E-state index < -0.39 is 0 Å². The van der Waals surface area contributed by atoms with Gasteiger partial charge in [-0.1, -0.05) is 34.1 Å². The minimum absolute atomic E-state index is 0.170. The summed E-state index contributed by atoms with van der Waals surface area (Å²) in [4.78, 5) is 12.0. The normalized spacial score (nSPS) is 10.7. The smallest absolute Gasteiger partial charge is 0.248 e. The zero-order valence-corrected chi connectivity index (χ0v) is 14.2. The molecule has 0 bridgehead atoms. The Labute approximate surface area is 139 Å². The highest BCUT2D eigenvalue weighted by Gasteiger charge is 2.04. The third-order valence-corrected chi connectivity index (χ3v) is 3.58. The average molecular weight is 360 g/mol. The number of hydrogen-bond donors (Lipinski definition) is 1. The van der Waals surface area contributed by atoms with Crippen molar-refractivity contribution < 1.29 is 9.53 Å². The lowest BCUT2D eigenvalue weighted by Gasteiger charge is -2.08. The van der Waals surface area contributed by atoms with E-state index in [-0.39, 0.29) is 5.91 Å². The number of hydrogen-bond acceptors (Lipinski definition) is 2. The Kier molecular flexibility index (Phi) is 5.78. The first-order valence-electron chi connectivity index (χ1n) is 7.07. The Bertz CT molecular complexity index is 695. The van der Waals surface area contributed by atoms with Crippen LogP contribution in [0.1, 0.15) is 18.1 Å². The molecule has 0 aliphatic rings. The highest BCUT2D eigenvalue weighted by molar-refractivity contribution is 9.10. The second kappa shape index (κ2) is 7.80. The van der Waals surface area contributed by atoms with Crippen molar-refractivity contribution in [3.63, 3.8) is 0 Å². The van der Waals surface area contributed by atoms with Gasteiger partial charge in [0.1, 0.15) is 5.75 Å². The molecule has 3 nitrogen and oxygen atoms in total. The number of ether oxygens (including phenoxy) is 1. The first kappa shape index (κ1) is 16.3. The molecule has 2 aromatic carbocycles. The maximum Gasteiger partial charge on any atom is 0.248 e. The van der Waals surface area contributed by atoms with Gasteiger partial charge in [0.05, 0.1) is 6.61 Å². The first-order valence-corrected chi connectivity index (χ1v) is 7.86. The lowest BCUT2D eigenvalue weighted by Crippen LogP contribution is -2.08. The topological polar surface area (TPSA) is 38.3 Å². The molecule has 114 valence electrons. The van der Waals surface area contributed by atoms with E-state index in [0.29, 0.717) is 6.61 Å². The summed E-state index contributed by atoms with van der Waals surface area (Å²) in [6.45, 7) is 4.47. The maximum absolute atomic E-state index is 12.0. The van der Waals surface area contributed by atoms with Crippen molar-refractivity contribution in [3.05, 3.63) is 64.1 Å². The highest BCUT2D eigenvalue weighted by atomic mass is 79.9. The van der Waals surface area contributed by atoms with Gasteiger partial charge in [0.15, 0.2) is 0 Å². The number of aryl methyl sites for hydroxylation is 1. The molecule has 0 radical (unpaired) electrons. The number of benzene rings is 2. The van der Waals surface area contributed by atoms with E-state index in [9.17, 15) is 4.79 Å². The highest BCUT2D eigenvalue weighted by Crippen LogP contribution is 2.24. The van der Waals surface area contributed by atoms with Gasteiger partial charge in [-0.05, 0) is 49.8 Å². The molecule has 0 unspecified atom stereocenters. The fraction of sp³-hybridized carbons (Fsp3) is 0.167. The maximum atomic E-state index is 12.0. The average Bonchev–Trinajstić information content (AvgIpc) is 2.50. The van der Waals surface area contributed by atoms with Crippen molar-refractivity contribution in [1.82, 2.24) is 0 Å². The van der Waals surface area contributed by atoms with E-state index in [1.165, 1.54) is 6.08 Å². The second-order valence-corrected chi connectivity index (χ2v) is 5.67. The quantitative estimate of drug-likeness (QED) is 0.778. The number of para-hydroxylation sites is 1. The number of rotatable bonds is 5. The number of carbonyl (C=O) groups excluding carboxylic acids is 1. The van der Waals surface area contributed by atoms with Crippen LogP contribution in [0.15, 0.2) is 53.0 Å². The van der Waals surface area contributed by atoms with Crippen LogP contribution in [0, 0.1) is 6.92 Å². The number of carbonyl (C=O) groups is 1. The van der Waals surface area contributed by atoms with Gasteiger partial charge >= 0.3 is 0 Å². The summed E-state index contributed by atoms with van der Waals surface area (Å²) >= 11 is 3.43. The van der Waals surface area contributed by atoms with Crippen molar-refractivity contribution in [2.24, 2.45) is 0 Å². The van der Waals surface area contributed by atoms with Crippen LogP contribution in [0.2, 0.25) is 0 Å². The SMILES string of the molecule is CCOc1ccc(Br)cc1C=CC(=O)Nc1ccccc1C. The van der Waals surface area contributed by atoms with Crippen molar-refractivity contribution in [2.75, 3.05) is 11.9 Å². The van der Waals surface area contributed by atoms with Crippen LogP contribution in [0.4, 0.5) is 5.69 Å². The number of amides is 1. The van der Waals surface area contributed by atoms with Crippen molar-refractivity contribution in [3.8, 4) is 5.75 Å². The van der Waals surface area contributed by atoms with Crippen LogP contribution < -0.4 is 10.1 Å². The molecule has 2 aromatic rings. The van der Waals surface area contributed by atoms with Crippen molar-refractivity contribution >= 4 is 33.6 Å². The Hall–Kier alpha value is -2.07. The van der Waals surface area contributed by atoms with Crippen LogP contribution in [0.3, 0.4) is 0 Å². The van der Waals surface area contributed by atoms with Crippen LogP contribution in [-0.2, 0) is 4.79 Å². The zero-order valence-electron chi connectivity index (χ0n) is 12.6. The van der Waals surface area contributed by atoms with Crippen LogP contribution in [0.25, 0.3) is 6.08 Å². The number of nitrogens with one attached hydrogen (secondary N) is 1. The molecule has 1 N–H and O–H groups in total. The summed E-state index contributed by atoms with van der Waals surface area (Å²) in [5.74, 6) is 0.586. The summed E-state index contributed by atoms with van der Waals surface area (Å²) in [5, 5.41) is 2.87. The summed E-state index contributed by atoms with van der Waals surface area (Å²) in [5.41, 5.74) is 2.70. The van der Waals surface area contributed by atoms with E-state index in [2.05, 4.69) is 21.2 Å². The molecule has 0 atom stereocenters. The minimum Gasteiger partial charge on any atom is -0.493 e. The summed E-state index contributed by atoms with van der Waals surface area (Å²) in [7, 11) is 0. The predicted octanol–water partition coefficient (Wildman–Crippen LogP) is 4.81. The number of halogens is 1. The van der Waals surface area contributed by atoms with Crippen molar-refractivity contribution in [1.29, 1.82) is 0 Å². The molecule has 22 heavy (non-hydrogen) atoms.